The maximum atomic E-state index is 11.9. The number of ketones is 1. The highest BCUT2D eigenvalue weighted by atomic mass is 35.5. The topological polar surface area (TPSA) is 43.4 Å². The van der Waals surface area contributed by atoms with E-state index in [9.17, 15) is 9.59 Å². The number of rotatable bonds is 4. The van der Waals surface area contributed by atoms with Crippen molar-refractivity contribution in [2.24, 2.45) is 0 Å². The van der Waals surface area contributed by atoms with Crippen LogP contribution in [0.5, 0.6) is 0 Å². The van der Waals surface area contributed by atoms with Gasteiger partial charge in [0, 0.05) is 5.56 Å². The van der Waals surface area contributed by atoms with Crippen LogP contribution in [-0.2, 0) is 4.74 Å². The molecule has 0 radical (unpaired) electrons. The van der Waals surface area contributed by atoms with Gasteiger partial charge in [0.25, 0.3) is 0 Å². The summed E-state index contributed by atoms with van der Waals surface area (Å²) in [5.41, 5.74) is 1.59. The average molecular weight is 323 g/mol. The van der Waals surface area contributed by atoms with E-state index in [-0.39, 0.29) is 17.4 Å². The van der Waals surface area contributed by atoms with Crippen molar-refractivity contribution in [1.82, 2.24) is 0 Å². The van der Waals surface area contributed by atoms with Crippen LogP contribution in [0.3, 0.4) is 0 Å². The zero-order chi connectivity index (χ0) is 15.4. The molecule has 0 fully saturated rings. The summed E-state index contributed by atoms with van der Waals surface area (Å²) in [4.78, 5) is 23.9. The Morgan fingerprint density at radius 1 is 1.05 bits per heavy atom. The van der Waals surface area contributed by atoms with Gasteiger partial charge in [0.15, 0.2) is 12.4 Å². The van der Waals surface area contributed by atoms with Gasteiger partial charge in [-0.25, -0.2) is 4.79 Å². The summed E-state index contributed by atoms with van der Waals surface area (Å²) in [5.74, 6) is -0.864. The zero-order valence-corrected chi connectivity index (χ0v) is 12.7. The molecule has 0 atom stereocenters. The maximum absolute atomic E-state index is 11.9. The van der Waals surface area contributed by atoms with Crippen molar-refractivity contribution in [1.29, 1.82) is 0 Å². The van der Waals surface area contributed by atoms with E-state index >= 15 is 0 Å². The molecule has 0 saturated carbocycles. The summed E-state index contributed by atoms with van der Waals surface area (Å²) < 4.78 is 5.03. The van der Waals surface area contributed by atoms with Crippen LogP contribution in [-0.4, -0.2) is 18.4 Å². The predicted octanol–water partition coefficient (Wildman–Crippen LogP) is 4.34. The van der Waals surface area contributed by atoms with Gasteiger partial charge in [0.1, 0.15) is 0 Å². The molecule has 0 aliphatic carbocycles. The number of hydrogen-bond donors (Lipinski definition) is 0. The third kappa shape index (κ3) is 3.84. The van der Waals surface area contributed by atoms with Crippen LogP contribution in [0.1, 0.15) is 26.3 Å². The lowest BCUT2D eigenvalue weighted by molar-refractivity contribution is 0.0474. The van der Waals surface area contributed by atoms with Crippen molar-refractivity contribution in [3.63, 3.8) is 0 Å². The van der Waals surface area contributed by atoms with Crippen LogP contribution in [0, 0.1) is 6.92 Å². The molecule has 0 aliphatic rings. The molecular weight excluding hydrogens is 311 g/mol. The lowest BCUT2D eigenvalue weighted by Crippen LogP contribution is -2.15. The number of benzene rings is 2. The Morgan fingerprint density at radius 3 is 2.43 bits per heavy atom. The SMILES string of the molecule is Cc1ccccc1C(=O)OCC(=O)c1ccc(Cl)c(Cl)c1. The predicted molar refractivity (Wildman–Crippen MR) is 82.3 cm³/mol. The molecule has 0 heterocycles. The van der Waals surface area contributed by atoms with Crippen LogP contribution in [0.15, 0.2) is 42.5 Å². The lowest BCUT2D eigenvalue weighted by Gasteiger charge is -2.07. The van der Waals surface area contributed by atoms with Crippen molar-refractivity contribution in [2.75, 3.05) is 6.61 Å². The van der Waals surface area contributed by atoms with Gasteiger partial charge >= 0.3 is 5.97 Å². The van der Waals surface area contributed by atoms with Crippen molar-refractivity contribution < 1.29 is 14.3 Å². The normalized spacial score (nSPS) is 10.2. The molecule has 0 saturated heterocycles. The fourth-order valence-corrected chi connectivity index (χ4v) is 2.06. The molecule has 0 aromatic heterocycles. The molecule has 0 N–H and O–H groups in total. The maximum Gasteiger partial charge on any atom is 0.338 e. The Balaban J connectivity index is 2.02. The molecule has 2 aromatic rings. The number of Topliss-reactive ketones (excluding diaryl/α,β-unsaturated/α-hetero) is 1. The van der Waals surface area contributed by atoms with E-state index in [2.05, 4.69) is 0 Å². The van der Waals surface area contributed by atoms with Gasteiger partial charge in [-0.15, -0.1) is 0 Å². The molecule has 21 heavy (non-hydrogen) atoms. The van der Waals surface area contributed by atoms with Gasteiger partial charge < -0.3 is 4.74 Å². The van der Waals surface area contributed by atoms with E-state index in [0.29, 0.717) is 16.1 Å². The smallest absolute Gasteiger partial charge is 0.338 e. The summed E-state index contributed by atoms with van der Waals surface area (Å²) >= 11 is 11.6. The molecule has 0 unspecified atom stereocenters. The van der Waals surface area contributed by atoms with E-state index in [1.54, 1.807) is 25.1 Å². The Kier molecular flexibility index (Phi) is 4.99. The van der Waals surface area contributed by atoms with Crippen molar-refractivity contribution in [3.05, 3.63) is 69.2 Å². The van der Waals surface area contributed by atoms with Gasteiger partial charge in [-0.05, 0) is 36.8 Å². The van der Waals surface area contributed by atoms with Gasteiger partial charge in [0.2, 0.25) is 0 Å². The second-order valence-electron chi connectivity index (χ2n) is 4.44. The summed E-state index contributed by atoms with van der Waals surface area (Å²) in [6, 6.07) is 11.5. The summed E-state index contributed by atoms with van der Waals surface area (Å²) in [7, 11) is 0. The molecule has 0 spiro atoms. The number of carbonyl (C=O) groups is 2. The third-order valence-corrected chi connectivity index (χ3v) is 3.68. The summed E-state index contributed by atoms with van der Waals surface area (Å²) in [5, 5.41) is 0.651. The third-order valence-electron chi connectivity index (χ3n) is 2.94. The standard InChI is InChI=1S/C16H12Cl2O3/c1-10-4-2-3-5-12(10)16(20)21-9-15(19)11-6-7-13(17)14(18)8-11/h2-8H,9H2,1H3. The second-order valence-corrected chi connectivity index (χ2v) is 5.26. The molecule has 0 amide bonds. The highest BCUT2D eigenvalue weighted by Crippen LogP contribution is 2.22. The fourth-order valence-electron chi connectivity index (χ4n) is 1.76. The van der Waals surface area contributed by atoms with Gasteiger partial charge in [-0.1, -0.05) is 41.4 Å². The Bertz CT molecular complexity index is 696. The van der Waals surface area contributed by atoms with E-state index in [4.69, 9.17) is 27.9 Å². The lowest BCUT2D eigenvalue weighted by atomic mass is 10.1. The minimum absolute atomic E-state index is 0.285. The van der Waals surface area contributed by atoms with E-state index < -0.39 is 5.97 Å². The quantitative estimate of drug-likeness (QED) is 0.621. The van der Waals surface area contributed by atoms with Crippen LogP contribution >= 0.6 is 23.2 Å². The van der Waals surface area contributed by atoms with Crippen molar-refractivity contribution in [2.45, 2.75) is 6.92 Å². The van der Waals surface area contributed by atoms with Gasteiger partial charge in [-0.3, -0.25) is 4.79 Å². The molecule has 0 aliphatic heterocycles. The first-order valence-electron chi connectivity index (χ1n) is 6.20. The molecule has 2 aromatic carbocycles. The summed E-state index contributed by atoms with van der Waals surface area (Å²) in [6.45, 7) is 1.46. The molecule has 108 valence electrons. The highest BCUT2D eigenvalue weighted by Gasteiger charge is 2.14. The molecule has 3 nitrogen and oxygen atoms in total. The highest BCUT2D eigenvalue weighted by molar-refractivity contribution is 6.42. The monoisotopic (exact) mass is 322 g/mol. The minimum atomic E-state index is -0.526. The van der Waals surface area contributed by atoms with Crippen molar-refractivity contribution >= 4 is 35.0 Å². The Hall–Kier alpha value is -1.84. The van der Waals surface area contributed by atoms with Crippen LogP contribution < -0.4 is 0 Å². The summed E-state index contributed by atoms with van der Waals surface area (Å²) in [6.07, 6.45) is 0. The fraction of sp³-hybridized carbons (Fsp3) is 0.125. The Labute approximate surface area is 132 Å². The molecular formula is C16H12Cl2O3. The first-order valence-corrected chi connectivity index (χ1v) is 6.95. The van der Waals surface area contributed by atoms with E-state index in [1.165, 1.54) is 18.2 Å². The number of aryl methyl sites for hydroxylation is 1. The van der Waals surface area contributed by atoms with Crippen LogP contribution in [0.25, 0.3) is 0 Å². The van der Waals surface area contributed by atoms with E-state index in [0.717, 1.165) is 5.56 Å². The largest absolute Gasteiger partial charge is 0.454 e. The van der Waals surface area contributed by atoms with Crippen LogP contribution in [0.4, 0.5) is 0 Å². The number of carbonyl (C=O) groups excluding carboxylic acids is 2. The molecule has 5 heteroatoms. The van der Waals surface area contributed by atoms with Gasteiger partial charge in [-0.2, -0.15) is 0 Å². The number of halogens is 2. The first-order chi connectivity index (χ1) is 9.99. The van der Waals surface area contributed by atoms with Gasteiger partial charge in [0.05, 0.1) is 15.6 Å². The first kappa shape index (κ1) is 15.5. The zero-order valence-electron chi connectivity index (χ0n) is 11.2. The Morgan fingerprint density at radius 2 is 1.76 bits per heavy atom. The molecule has 0 bridgehead atoms. The number of esters is 1. The number of hydrogen-bond acceptors (Lipinski definition) is 3. The average Bonchev–Trinajstić information content (AvgIpc) is 2.47. The number of ether oxygens (including phenoxy) is 1. The minimum Gasteiger partial charge on any atom is -0.454 e. The van der Waals surface area contributed by atoms with Crippen molar-refractivity contribution in [3.8, 4) is 0 Å². The van der Waals surface area contributed by atoms with E-state index in [1.807, 2.05) is 6.07 Å². The second kappa shape index (κ2) is 6.74. The van der Waals surface area contributed by atoms with Crippen LogP contribution in [0.2, 0.25) is 10.0 Å². The molecule has 2 rings (SSSR count).